The molecule has 0 aliphatic carbocycles. The Balaban J connectivity index is 1.98. The Morgan fingerprint density at radius 1 is 1.15 bits per heavy atom. The molecule has 2 rings (SSSR count). The Morgan fingerprint density at radius 3 is 2.56 bits per heavy atom. The summed E-state index contributed by atoms with van der Waals surface area (Å²) >= 11 is 9.82. The van der Waals surface area contributed by atoms with Gasteiger partial charge in [-0.1, -0.05) is 43.6 Å². The summed E-state index contributed by atoms with van der Waals surface area (Å²) in [5, 5.41) is 4.18. The maximum absolute atomic E-state index is 6.21. The summed E-state index contributed by atoms with van der Waals surface area (Å²) in [6, 6.07) is 11.7. The van der Waals surface area contributed by atoms with E-state index in [-0.39, 0.29) is 0 Å². The Hall–Kier alpha value is -1.27. The molecule has 0 bridgehead atoms. The Kier molecular flexibility index (Phi) is 9.42. The van der Waals surface area contributed by atoms with E-state index in [4.69, 9.17) is 21.1 Å². The number of hydrogen-bond acceptors (Lipinski definition) is 4. The van der Waals surface area contributed by atoms with E-state index in [0.29, 0.717) is 23.1 Å². The van der Waals surface area contributed by atoms with Crippen molar-refractivity contribution in [1.82, 2.24) is 10.2 Å². The topological polar surface area (TPSA) is 33.7 Å². The lowest BCUT2D eigenvalue weighted by molar-refractivity contribution is 0.282. The summed E-state index contributed by atoms with van der Waals surface area (Å²) < 4.78 is 12.4. The zero-order chi connectivity index (χ0) is 19.6. The average molecular weight is 456 g/mol. The van der Waals surface area contributed by atoms with Crippen LogP contribution in [0.1, 0.15) is 25.0 Å². The van der Waals surface area contributed by atoms with Gasteiger partial charge in [0.2, 0.25) is 0 Å². The third kappa shape index (κ3) is 6.68. The highest BCUT2D eigenvalue weighted by Gasteiger charge is 2.13. The fraction of sp³-hybridized carbons (Fsp3) is 0.429. The van der Waals surface area contributed by atoms with Crippen molar-refractivity contribution in [3.8, 4) is 11.5 Å². The number of hydrogen-bond donors (Lipinski definition) is 1. The van der Waals surface area contributed by atoms with Gasteiger partial charge in [-0.2, -0.15) is 0 Å². The van der Waals surface area contributed by atoms with E-state index in [2.05, 4.69) is 46.1 Å². The summed E-state index contributed by atoms with van der Waals surface area (Å²) in [4.78, 5) is 2.40. The highest BCUT2D eigenvalue weighted by atomic mass is 79.9. The molecular formula is C21H28BrClN2O2. The van der Waals surface area contributed by atoms with Crippen molar-refractivity contribution in [2.24, 2.45) is 0 Å². The van der Waals surface area contributed by atoms with Gasteiger partial charge >= 0.3 is 0 Å². The first kappa shape index (κ1) is 22.0. The van der Waals surface area contributed by atoms with E-state index in [1.807, 2.05) is 30.3 Å². The molecular weight excluding hydrogens is 428 g/mol. The van der Waals surface area contributed by atoms with Crippen molar-refractivity contribution in [3.05, 3.63) is 57.0 Å². The second kappa shape index (κ2) is 11.5. The molecule has 0 spiro atoms. The molecule has 148 valence electrons. The van der Waals surface area contributed by atoms with Gasteiger partial charge in [-0.05, 0) is 52.8 Å². The monoisotopic (exact) mass is 454 g/mol. The molecule has 0 aromatic heterocycles. The third-order valence-electron chi connectivity index (χ3n) is 4.45. The van der Waals surface area contributed by atoms with Crippen molar-refractivity contribution in [2.45, 2.75) is 27.0 Å². The first-order chi connectivity index (χ1) is 13.1. The molecule has 6 heteroatoms. The van der Waals surface area contributed by atoms with Gasteiger partial charge < -0.3 is 19.7 Å². The van der Waals surface area contributed by atoms with Crippen LogP contribution in [0.5, 0.6) is 11.5 Å². The molecule has 0 saturated heterocycles. The molecule has 0 heterocycles. The fourth-order valence-electron chi connectivity index (χ4n) is 2.79. The smallest absolute Gasteiger partial charge is 0.175 e. The van der Waals surface area contributed by atoms with E-state index in [0.717, 1.165) is 48.3 Å². The molecule has 0 saturated carbocycles. The normalized spacial score (nSPS) is 11.0. The van der Waals surface area contributed by atoms with Crippen LogP contribution in [0.4, 0.5) is 0 Å². The molecule has 0 amide bonds. The van der Waals surface area contributed by atoms with Crippen LogP contribution in [-0.2, 0) is 13.2 Å². The van der Waals surface area contributed by atoms with E-state index in [1.54, 1.807) is 7.11 Å². The van der Waals surface area contributed by atoms with E-state index in [1.165, 1.54) is 0 Å². The van der Waals surface area contributed by atoms with Gasteiger partial charge in [-0.3, -0.25) is 0 Å². The highest BCUT2D eigenvalue weighted by molar-refractivity contribution is 9.10. The number of nitrogens with zero attached hydrogens (tertiary/aromatic N) is 1. The molecule has 27 heavy (non-hydrogen) atoms. The molecule has 0 unspecified atom stereocenters. The third-order valence-corrected chi connectivity index (χ3v) is 5.41. The van der Waals surface area contributed by atoms with Crippen molar-refractivity contribution >= 4 is 27.5 Å². The number of halogens is 2. The minimum atomic E-state index is 0.385. The number of methoxy groups -OCH3 is 1. The summed E-state index contributed by atoms with van der Waals surface area (Å²) in [6.45, 7) is 9.69. The lowest BCUT2D eigenvalue weighted by Gasteiger charge is -2.18. The van der Waals surface area contributed by atoms with Crippen LogP contribution in [0, 0.1) is 0 Å². The fourth-order valence-corrected chi connectivity index (χ4v) is 3.58. The van der Waals surface area contributed by atoms with Crippen molar-refractivity contribution in [2.75, 3.05) is 33.3 Å². The van der Waals surface area contributed by atoms with E-state index in [9.17, 15) is 0 Å². The van der Waals surface area contributed by atoms with Crippen molar-refractivity contribution in [3.63, 3.8) is 0 Å². The molecule has 2 aromatic rings. The van der Waals surface area contributed by atoms with Gasteiger partial charge in [-0.15, -0.1) is 0 Å². The molecule has 0 fully saturated rings. The molecule has 1 N–H and O–H groups in total. The van der Waals surface area contributed by atoms with Gasteiger partial charge in [0.25, 0.3) is 0 Å². The van der Waals surface area contributed by atoms with Crippen LogP contribution in [0.3, 0.4) is 0 Å². The number of likely N-dealkylation sites (N-methyl/N-ethyl adjacent to an activating group) is 1. The zero-order valence-electron chi connectivity index (χ0n) is 16.2. The Morgan fingerprint density at radius 2 is 1.89 bits per heavy atom. The van der Waals surface area contributed by atoms with Crippen LogP contribution < -0.4 is 14.8 Å². The first-order valence-corrected chi connectivity index (χ1v) is 10.4. The summed E-state index contributed by atoms with van der Waals surface area (Å²) in [6.07, 6.45) is 0. The number of ether oxygens (including phenoxy) is 2. The quantitative estimate of drug-likeness (QED) is 0.477. The average Bonchev–Trinajstić information content (AvgIpc) is 2.68. The van der Waals surface area contributed by atoms with E-state index >= 15 is 0 Å². The van der Waals surface area contributed by atoms with E-state index < -0.39 is 0 Å². The van der Waals surface area contributed by atoms with Crippen LogP contribution in [0.15, 0.2) is 40.9 Å². The van der Waals surface area contributed by atoms with Crippen LogP contribution >= 0.6 is 27.5 Å². The summed E-state index contributed by atoms with van der Waals surface area (Å²) in [7, 11) is 1.65. The van der Waals surface area contributed by atoms with Crippen molar-refractivity contribution in [1.29, 1.82) is 0 Å². The van der Waals surface area contributed by atoms with Crippen LogP contribution in [-0.4, -0.2) is 38.2 Å². The largest absolute Gasteiger partial charge is 0.493 e. The second-order valence-corrected chi connectivity index (χ2v) is 7.45. The lowest BCUT2D eigenvalue weighted by Crippen LogP contribution is -2.31. The number of benzene rings is 2. The summed E-state index contributed by atoms with van der Waals surface area (Å²) in [5.41, 5.74) is 2.08. The maximum atomic E-state index is 6.21. The second-order valence-electron chi connectivity index (χ2n) is 6.19. The predicted molar refractivity (Wildman–Crippen MR) is 116 cm³/mol. The minimum Gasteiger partial charge on any atom is -0.493 e. The SMILES string of the molecule is CCN(CC)CCNCc1cc(Br)c(OCc2ccccc2Cl)c(OC)c1. The summed E-state index contributed by atoms with van der Waals surface area (Å²) in [5.74, 6) is 1.39. The van der Waals surface area contributed by atoms with Gasteiger partial charge in [0.05, 0.1) is 11.6 Å². The standard InChI is InChI=1S/C21H28BrClN2O2/c1-4-25(5-2)11-10-24-14-16-12-18(22)21(20(13-16)26-3)27-15-17-8-6-7-9-19(17)23/h6-9,12-13,24H,4-5,10-11,14-15H2,1-3H3. The van der Waals surface area contributed by atoms with Gasteiger partial charge in [0.15, 0.2) is 11.5 Å². The molecule has 0 aliphatic heterocycles. The number of nitrogens with one attached hydrogen (secondary N) is 1. The Labute approximate surface area is 175 Å². The predicted octanol–water partition coefficient (Wildman–Crippen LogP) is 5.12. The van der Waals surface area contributed by atoms with Gasteiger partial charge in [0, 0.05) is 30.2 Å². The Bertz CT molecular complexity index is 723. The maximum Gasteiger partial charge on any atom is 0.175 e. The van der Waals surface area contributed by atoms with Crippen LogP contribution in [0.2, 0.25) is 5.02 Å². The molecule has 4 nitrogen and oxygen atoms in total. The van der Waals surface area contributed by atoms with Crippen LogP contribution in [0.25, 0.3) is 0 Å². The molecule has 0 aliphatic rings. The molecule has 2 aromatic carbocycles. The highest BCUT2D eigenvalue weighted by Crippen LogP contribution is 2.37. The lowest BCUT2D eigenvalue weighted by atomic mass is 10.2. The van der Waals surface area contributed by atoms with Crippen molar-refractivity contribution < 1.29 is 9.47 Å². The molecule has 0 atom stereocenters. The minimum absolute atomic E-state index is 0.385. The zero-order valence-corrected chi connectivity index (χ0v) is 18.6. The first-order valence-electron chi connectivity index (χ1n) is 9.24. The molecule has 0 radical (unpaired) electrons. The number of rotatable bonds is 11. The van der Waals surface area contributed by atoms with Gasteiger partial charge in [-0.25, -0.2) is 0 Å². The van der Waals surface area contributed by atoms with Gasteiger partial charge in [0.1, 0.15) is 6.61 Å².